The molecule has 0 saturated carbocycles. The zero-order chi connectivity index (χ0) is 14.7. The number of rotatable bonds is 4. The van der Waals surface area contributed by atoms with E-state index in [1.165, 1.54) is 10.8 Å². The molecule has 0 amide bonds. The highest BCUT2D eigenvalue weighted by atomic mass is 16.5. The molecular weight excluding hydrogens is 262 g/mol. The van der Waals surface area contributed by atoms with Crippen molar-refractivity contribution < 1.29 is 9.47 Å². The van der Waals surface area contributed by atoms with Crippen LogP contribution in [0.15, 0.2) is 42.5 Å². The quantitative estimate of drug-likeness (QED) is 0.860. The van der Waals surface area contributed by atoms with Gasteiger partial charge in [-0.1, -0.05) is 30.3 Å². The number of benzene rings is 2. The first-order chi connectivity index (χ1) is 10.2. The second-order valence-electron chi connectivity index (χ2n) is 5.87. The summed E-state index contributed by atoms with van der Waals surface area (Å²) in [6.07, 6.45) is 0.629. The van der Waals surface area contributed by atoms with Crippen LogP contribution in [0.4, 0.5) is 0 Å². The Hall–Kier alpha value is -1.58. The van der Waals surface area contributed by atoms with Crippen LogP contribution in [0.5, 0.6) is 5.75 Å². The van der Waals surface area contributed by atoms with E-state index in [1.807, 2.05) is 6.07 Å². The van der Waals surface area contributed by atoms with E-state index in [0.29, 0.717) is 12.2 Å². The van der Waals surface area contributed by atoms with E-state index < -0.39 is 0 Å². The Morgan fingerprint density at radius 2 is 1.76 bits per heavy atom. The standard InChI is InChI=1S/C18H23NO2/c1-14-12-19(13-15(2)21-14)9-10-20-18-8-7-16-5-3-4-6-17(16)11-18/h3-8,11,14-15H,9-10,12-13H2,1-2H3. The highest BCUT2D eigenvalue weighted by Gasteiger charge is 2.21. The lowest BCUT2D eigenvalue weighted by atomic mass is 10.1. The van der Waals surface area contributed by atoms with Crippen molar-refractivity contribution in [2.45, 2.75) is 26.1 Å². The Balaban J connectivity index is 1.54. The molecule has 21 heavy (non-hydrogen) atoms. The lowest BCUT2D eigenvalue weighted by Crippen LogP contribution is -2.46. The summed E-state index contributed by atoms with van der Waals surface area (Å²) in [5.41, 5.74) is 0. The smallest absolute Gasteiger partial charge is 0.120 e. The van der Waals surface area contributed by atoms with E-state index in [9.17, 15) is 0 Å². The summed E-state index contributed by atoms with van der Waals surface area (Å²) in [6.45, 7) is 7.92. The molecule has 1 aliphatic heterocycles. The summed E-state index contributed by atoms with van der Waals surface area (Å²) in [5, 5.41) is 2.48. The van der Waals surface area contributed by atoms with Gasteiger partial charge in [-0.15, -0.1) is 0 Å². The second-order valence-corrected chi connectivity index (χ2v) is 5.87. The number of morpholine rings is 1. The van der Waals surface area contributed by atoms with Gasteiger partial charge in [0.1, 0.15) is 12.4 Å². The van der Waals surface area contributed by atoms with Crippen molar-refractivity contribution in [3.8, 4) is 5.75 Å². The molecule has 0 radical (unpaired) electrons. The summed E-state index contributed by atoms with van der Waals surface area (Å²) in [5.74, 6) is 0.947. The molecule has 0 spiro atoms. The number of hydrogen-bond acceptors (Lipinski definition) is 3. The van der Waals surface area contributed by atoms with Crippen LogP contribution in [0.3, 0.4) is 0 Å². The molecule has 0 bridgehead atoms. The Morgan fingerprint density at radius 1 is 1.05 bits per heavy atom. The predicted octanol–water partition coefficient (Wildman–Crippen LogP) is 3.33. The van der Waals surface area contributed by atoms with Crippen LogP contribution in [-0.4, -0.2) is 43.3 Å². The zero-order valence-corrected chi connectivity index (χ0v) is 12.8. The first-order valence-electron chi connectivity index (χ1n) is 7.70. The van der Waals surface area contributed by atoms with Crippen molar-refractivity contribution >= 4 is 10.8 Å². The molecule has 2 atom stereocenters. The minimum atomic E-state index is 0.314. The molecule has 2 aromatic rings. The van der Waals surface area contributed by atoms with Gasteiger partial charge in [0.2, 0.25) is 0 Å². The number of hydrogen-bond donors (Lipinski definition) is 0. The van der Waals surface area contributed by atoms with Gasteiger partial charge in [0, 0.05) is 19.6 Å². The summed E-state index contributed by atoms with van der Waals surface area (Å²) >= 11 is 0. The number of fused-ring (bicyclic) bond motifs is 1. The molecule has 1 fully saturated rings. The van der Waals surface area contributed by atoms with Crippen LogP contribution < -0.4 is 4.74 Å². The van der Waals surface area contributed by atoms with Crippen molar-refractivity contribution in [2.24, 2.45) is 0 Å². The first-order valence-corrected chi connectivity index (χ1v) is 7.70. The molecule has 0 aliphatic carbocycles. The predicted molar refractivity (Wildman–Crippen MR) is 85.9 cm³/mol. The van der Waals surface area contributed by atoms with E-state index in [0.717, 1.165) is 32.0 Å². The maximum absolute atomic E-state index is 5.90. The normalized spacial score (nSPS) is 23.3. The topological polar surface area (TPSA) is 21.7 Å². The largest absolute Gasteiger partial charge is 0.492 e. The van der Waals surface area contributed by atoms with Crippen LogP contribution >= 0.6 is 0 Å². The van der Waals surface area contributed by atoms with E-state index in [-0.39, 0.29) is 0 Å². The van der Waals surface area contributed by atoms with Gasteiger partial charge < -0.3 is 9.47 Å². The molecule has 1 aliphatic rings. The third-order valence-electron chi connectivity index (χ3n) is 3.89. The number of ether oxygens (including phenoxy) is 2. The summed E-state index contributed by atoms with van der Waals surface area (Å²) in [6, 6.07) is 14.6. The van der Waals surface area contributed by atoms with Gasteiger partial charge in [0.25, 0.3) is 0 Å². The Morgan fingerprint density at radius 3 is 2.52 bits per heavy atom. The van der Waals surface area contributed by atoms with Crippen molar-refractivity contribution in [2.75, 3.05) is 26.2 Å². The van der Waals surface area contributed by atoms with E-state index >= 15 is 0 Å². The minimum absolute atomic E-state index is 0.314. The van der Waals surface area contributed by atoms with Gasteiger partial charge in [0.05, 0.1) is 12.2 Å². The third kappa shape index (κ3) is 3.74. The van der Waals surface area contributed by atoms with Gasteiger partial charge in [-0.3, -0.25) is 4.90 Å². The summed E-state index contributed by atoms with van der Waals surface area (Å²) in [4.78, 5) is 2.42. The SMILES string of the molecule is CC1CN(CCOc2ccc3ccccc3c2)CC(C)O1. The molecule has 2 unspecified atom stereocenters. The van der Waals surface area contributed by atoms with Gasteiger partial charge >= 0.3 is 0 Å². The molecule has 3 nitrogen and oxygen atoms in total. The molecule has 3 heteroatoms. The first kappa shape index (κ1) is 14.4. The van der Waals surface area contributed by atoms with Crippen molar-refractivity contribution in [1.29, 1.82) is 0 Å². The minimum Gasteiger partial charge on any atom is -0.492 e. The van der Waals surface area contributed by atoms with Gasteiger partial charge in [-0.2, -0.15) is 0 Å². The molecular formula is C18H23NO2. The zero-order valence-electron chi connectivity index (χ0n) is 12.8. The molecule has 112 valence electrons. The molecule has 2 aromatic carbocycles. The maximum atomic E-state index is 5.90. The third-order valence-corrected chi connectivity index (χ3v) is 3.89. The number of nitrogens with zero attached hydrogens (tertiary/aromatic N) is 1. The van der Waals surface area contributed by atoms with Crippen LogP contribution in [0.1, 0.15) is 13.8 Å². The molecule has 0 N–H and O–H groups in total. The Bertz CT molecular complexity index is 589. The highest BCUT2D eigenvalue weighted by molar-refractivity contribution is 5.83. The Kier molecular flexibility index (Phi) is 4.42. The van der Waals surface area contributed by atoms with Crippen LogP contribution in [-0.2, 0) is 4.74 Å². The lowest BCUT2D eigenvalue weighted by molar-refractivity contribution is -0.0699. The molecule has 0 aromatic heterocycles. The molecule has 3 rings (SSSR count). The van der Waals surface area contributed by atoms with Crippen molar-refractivity contribution in [3.63, 3.8) is 0 Å². The van der Waals surface area contributed by atoms with Crippen molar-refractivity contribution in [1.82, 2.24) is 4.90 Å². The van der Waals surface area contributed by atoms with E-state index in [2.05, 4.69) is 55.1 Å². The van der Waals surface area contributed by atoms with Gasteiger partial charge in [0.15, 0.2) is 0 Å². The Labute approximate surface area is 126 Å². The van der Waals surface area contributed by atoms with E-state index in [4.69, 9.17) is 9.47 Å². The fraction of sp³-hybridized carbons (Fsp3) is 0.444. The fourth-order valence-electron chi connectivity index (χ4n) is 3.02. The monoisotopic (exact) mass is 285 g/mol. The summed E-state index contributed by atoms with van der Waals surface area (Å²) < 4.78 is 11.7. The van der Waals surface area contributed by atoms with Crippen molar-refractivity contribution in [3.05, 3.63) is 42.5 Å². The molecule has 1 heterocycles. The average Bonchev–Trinajstić information content (AvgIpc) is 2.46. The fourth-order valence-corrected chi connectivity index (χ4v) is 3.02. The van der Waals surface area contributed by atoms with E-state index in [1.54, 1.807) is 0 Å². The van der Waals surface area contributed by atoms with Crippen LogP contribution in [0.2, 0.25) is 0 Å². The highest BCUT2D eigenvalue weighted by Crippen LogP contribution is 2.20. The average molecular weight is 285 g/mol. The lowest BCUT2D eigenvalue weighted by Gasteiger charge is -2.35. The van der Waals surface area contributed by atoms with Gasteiger partial charge in [-0.05, 0) is 36.8 Å². The van der Waals surface area contributed by atoms with Crippen LogP contribution in [0, 0.1) is 0 Å². The van der Waals surface area contributed by atoms with Gasteiger partial charge in [-0.25, -0.2) is 0 Å². The van der Waals surface area contributed by atoms with Crippen LogP contribution in [0.25, 0.3) is 10.8 Å². The second kappa shape index (κ2) is 6.46. The maximum Gasteiger partial charge on any atom is 0.120 e. The summed E-state index contributed by atoms with van der Waals surface area (Å²) in [7, 11) is 0. The molecule has 1 saturated heterocycles.